The third-order valence-electron chi connectivity index (χ3n) is 4.77. The molecule has 0 spiro atoms. The van der Waals surface area contributed by atoms with Gasteiger partial charge in [-0.15, -0.1) is 0 Å². The van der Waals surface area contributed by atoms with E-state index in [-0.39, 0.29) is 24.3 Å². The predicted octanol–water partition coefficient (Wildman–Crippen LogP) is 3.42. The second-order valence-corrected chi connectivity index (χ2v) is 6.57. The van der Waals surface area contributed by atoms with Gasteiger partial charge in [0, 0.05) is 43.4 Å². The standard InChI is InChI=1S/C21H24N2O3/c1-15-13-17-7-4-5-10-20(17)23(15)21(25)11-12-22(16(2)24)18-8-6-9-19(14-18)26-3/h4-10,14-15H,11-13H2,1-3H3. The Morgan fingerprint density at radius 1 is 1.19 bits per heavy atom. The largest absolute Gasteiger partial charge is 0.497 e. The molecule has 0 aliphatic carbocycles. The van der Waals surface area contributed by atoms with Crippen LogP contribution >= 0.6 is 0 Å². The molecule has 1 aliphatic heterocycles. The van der Waals surface area contributed by atoms with Crippen molar-refractivity contribution in [3.05, 3.63) is 54.1 Å². The van der Waals surface area contributed by atoms with Crippen molar-refractivity contribution in [3.63, 3.8) is 0 Å². The molecule has 1 aliphatic rings. The lowest BCUT2D eigenvalue weighted by atomic mass is 10.1. The van der Waals surface area contributed by atoms with E-state index in [1.54, 1.807) is 18.1 Å². The molecule has 0 saturated heterocycles. The number of hydrogen-bond acceptors (Lipinski definition) is 3. The maximum Gasteiger partial charge on any atom is 0.229 e. The van der Waals surface area contributed by atoms with Gasteiger partial charge in [-0.25, -0.2) is 0 Å². The van der Waals surface area contributed by atoms with Gasteiger partial charge in [-0.3, -0.25) is 9.59 Å². The number of amides is 2. The number of methoxy groups -OCH3 is 1. The van der Waals surface area contributed by atoms with Crippen LogP contribution in [-0.2, 0) is 16.0 Å². The normalized spacial score (nSPS) is 15.5. The van der Waals surface area contributed by atoms with Crippen molar-refractivity contribution in [1.82, 2.24) is 0 Å². The van der Waals surface area contributed by atoms with Crippen LogP contribution in [0.5, 0.6) is 5.75 Å². The highest BCUT2D eigenvalue weighted by Crippen LogP contribution is 2.32. The number of benzene rings is 2. The van der Waals surface area contributed by atoms with Gasteiger partial charge in [-0.1, -0.05) is 24.3 Å². The van der Waals surface area contributed by atoms with Crippen molar-refractivity contribution in [2.45, 2.75) is 32.7 Å². The van der Waals surface area contributed by atoms with Gasteiger partial charge < -0.3 is 14.5 Å². The van der Waals surface area contributed by atoms with Crippen LogP contribution in [0.3, 0.4) is 0 Å². The van der Waals surface area contributed by atoms with Crippen LogP contribution in [0.25, 0.3) is 0 Å². The third kappa shape index (κ3) is 3.57. The van der Waals surface area contributed by atoms with E-state index in [2.05, 4.69) is 13.0 Å². The number of rotatable bonds is 5. The van der Waals surface area contributed by atoms with E-state index in [0.29, 0.717) is 12.3 Å². The average Bonchev–Trinajstić information content (AvgIpc) is 2.97. The van der Waals surface area contributed by atoms with E-state index in [0.717, 1.165) is 17.8 Å². The number of hydrogen-bond donors (Lipinski definition) is 0. The van der Waals surface area contributed by atoms with Gasteiger partial charge in [0.15, 0.2) is 0 Å². The number of nitrogens with zero attached hydrogens (tertiary/aromatic N) is 2. The lowest BCUT2D eigenvalue weighted by Crippen LogP contribution is -2.39. The molecule has 5 heteroatoms. The maximum absolute atomic E-state index is 12.9. The fourth-order valence-corrected chi connectivity index (χ4v) is 3.52. The van der Waals surface area contributed by atoms with Gasteiger partial charge >= 0.3 is 0 Å². The van der Waals surface area contributed by atoms with Crippen molar-refractivity contribution in [2.75, 3.05) is 23.5 Å². The Labute approximate surface area is 154 Å². The van der Waals surface area contributed by atoms with Crippen molar-refractivity contribution in [2.24, 2.45) is 0 Å². The van der Waals surface area contributed by atoms with Crippen LogP contribution in [0.1, 0.15) is 25.8 Å². The molecule has 0 bridgehead atoms. The zero-order valence-corrected chi connectivity index (χ0v) is 15.4. The lowest BCUT2D eigenvalue weighted by molar-refractivity contribution is -0.119. The first kappa shape index (κ1) is 18.0. The van der Waals surface area contributed by atoms with Gasteiger partial charge in [0.2, 0.25) is 11.8 Å². The third-order valence-corrected chi connectivity index (χ3v) is 4.77. The zero-order valence-electron chi connectivity index (χ0n) is 15.4. The fraction of sp³-hybridized carbons (Fsp3) is 0.333. The summed E-state index contributed by atoms with van der Waals surface area (Å²) in [5.74, 6) is 0.625. The molecule has 0 aromatic heterocycles. The quantitative estimate of drug-likeness (QED) is 0.828. The molecule has 3 rings (SSSR count). The molecule has 26 heavy (non-hydrogen) atoms. The Balaban J connectivity index is 1.73. The first-order chi connectivity index (χ1) is 12.5. The van der Waals surface area contributed by atoms with Crippen molar-refractivity contribution >= 4 is 23.2 Å². The van der Waals surface area contributed by atoms with E-state index in [4.69, 9.17) is 4.74 Å². The molecule has 136 valence electrons. The monoisotopic (exact) mass is 352 g/mol. The van der Waals surface area contributed by atoms with Crippen LogP contribution < -0.4 is 14.5 Å². The summed E-state index contributed by atoms with van der Waals surface area (Å²) in [7, 11) is 1.59. The summed E-state index contributed by atoms with van der Waals surface area (Å²) in [4.78, 5) is 28.4. The summed E-state index contributed by atoms with van der Waals surface area (Å²) in [6.07, 6.45) is 1.14. The molecular formula is C21H24N2O3. The highest BCUT2D eigenvalue weighted by atomic mass is 16.5. The topological polar surface area (TPSA) is 49.9 Å². The van der Waals surface area contributed by atoms with Gasteiger partial charge in [-0.2, -0.15) is 0 Å². The second-order valence-electron chi connectivity index (χ2n) is 6.57. The van der Waals surface area contributed by atoms with E-state index in [1.807, 2.05) is 41.3 Å². The highest BCUT2D eigenvalue weighted by molar-refractivity contribution is 5.98. The molecule has 2 aromatic carbocycles. The number of anilines is 2. The second kappa shape index (κ2) is 7.60. The number of carbonyl (C=O) groups excluding carboxylic acids is 2. The summed E-state index contributed by atoms with van der Waals surface area (Å²) >= 11 is 0. The molecule has 0 N–H and O–H groups in total. The Hall–Kier alpha value is -2.82. The zero-order chi connectivity index (χ0) is 18.7. The Bertz CT molecular complexity index is 818. The van der Waals surface area contributed by atoms with Gasteiger partial charge in [0.1, 0.15) is 5.75 Å². The van der Waals surface area contributed by atoms with E-state index < -0.39 is 0 Å². The van der Waals surface area contributed by atoms with E-state index in [1.165, 1.54) is 12.5 Å². The minimum Gasteiger partial charge on any atom is -0.497 e. The molecular weight excluding hydrogens is 328 g/mol. The number of fused-ring (bicyclic) bond motifs is 1. The first-order valence-corrected chi connectivity index (χ1v) is 8.83. The molecule has 0 saturated carbocycles. The van der Waals surface area contributed by atoms with Crippen molar-refractivity contribution in [1.29, 1.82) is 0 Å². The molecule has 2 aromatic rings. The predicted molar refractivity (Wildman–Crippen MR) is 103 cm³/mol. The minimum absolute atomic E-state index is 0.0385. The first-order valence-electron chi connectivity index (χ1n) is 8.83. The lowest BCUT2D eigenvalue weighted by Gasteiger charge is -2.26. The molecule has 1 heterocycles. The molecule has 1 unspecified atom stereocenters. The van der Waals surface area contributed by atoms with Gasteiger partial charge in [-0.05, 0) is 37.1 Å². The highest BCUT2D eigenvalue weighted by Gasteiger charge is 2.30. The fourth-order valence-electron chi connectivity index (χ4n) is 3.52. The summed E-state index contributed by atoms with van der Waals surface area (Å²) in [5, 5.41) is 0. The number of para-hydroxylation sites is 1. The molecule has 5 nitrogen and oxygen atoms in total. The summed E-state index contributed by atoms with van der Waals surface area (Å²) < 4.78 is 5.23. The Morgan fingerprint density at radius 3 is 2.69 bits per heavy atom. The van der Waals surface area contributed by atoms with Crippen molar-refractivity contribution in [3.8, 4) is 5.75 Å². The molecule has 2 amide bonds. The van der Waals surface area contributed by atoms with Crippen LogP contribution in [0.2, 0.25) is 0 Å². The number of ether oxygens (including phenoxy) is 1. The number of carbonyl (C=O) groups is 2. The SMILES string of the molecule is COc1cccc(N(CCC(=O)N2c3ccccc3CC2C)C(C)=O)c1. The summed E-state index contributed by atoms with van der Waals surface area (Å²) in [6, 6.07) is 15.5. The summed E-state index contributed by atoms with van der Waals surface area (Å²) in [5.41, 5.74) is 2.92. The molecule has 1 atom stereocenters. The maximum atomic E-state index is 12.9. The van der Waals surface area contributed by atoms with Gasteiger partial charge in [0.05, 0.1) is 7.11 Å². The molecule has 0 radical (unpaired) electrons. The minimum atomic E-state index is -0.0964. The van der Waals surface area contributed by atoms with Gasteiger partial charge in [0.25, 0.3) is 0 Å². The Kier molecular flexibility index (Phi) is 5.26. The van der Waals surface area contributed by atoms with Crippen LogP contribution in [0.4, 0.5) is 11.4 Å². The summed E-state index contributed by atoms with van der Waals surface area (Å²) in [6.45, 7) is 3.91. The van der Waals surface area contributed by atoms with E-state index >= 15 is 0 Å². The Morgan fingerprint density at radius 2 is 1.96 bits per heavy atom. The smallest absolute Gasteiger partial charge is 0.229 e. The average molecular weight is 352 g/mol. The van der Waals surface area contributed by atoms with E-state index in [9.17, 15) is 9.59 Å². The van der Waals surface area contributed by atoms with Crippen LogP contribution in [0.15, 0.2) is 48.5 Å². The van der Waals surface area contributed by atoms with Crippen molar-refractivity contribution < 1.29 is 14.3 Å². The van der Waals surface area contributed by atoms with Crippen LogP contribution in [-0.4, -0.2) is 31.5 Å². The van der Waals surface area contributed by atoms with Crippen LogP contribution in [0, 0.1) is 0 Å². The molecule has 0 fully saturated rings.